The fourth-order valence-corrected chi connectivity index (χ4v) is 1.48. The lowest BCUT2D eigenvalue weighted by Crippen LogP contribution is -2.32. The largest absolute Gasteiger partial charge is 0.382 e. The van der Waals surface area contributed by atoms with Crippen molar-refractivity contribution in [3.63, 3.8) is 0 Å². The molecule has 1 N–H and O–H groups in total. The number of nitrogens with one attached hydrogen (secondary N) is 1. The number of hydrogen-bond acceptors (Lipinski definition) is 2. The summed E-state index contributed by atoms with van der Waals surface area (Å²) in [6, 6.07) is 0.590. The topological polar surface area (TPSA) is 21.3 Å². The summed E-state index contributed by atoms with van der Waals surface area (Å²) in [6.45, 7) is 6.60. The fraction of sp³-hybridized carbons (Fsp3) is 1.00. The van der Waals surface area contributed by atoms with Crippen LogP contribution >= 0.6 is 0 Å². The van der Waals surface area contributed by atoms with Gasteiger partial charge in [-0.1, -0.05) is 13.3 Å². The van der Waals surface area contributed by atoms with Gasteiger partial charge >= 0.3 is 0 Å². The quantitative estimate of drug-likeness (QED) is 0.663. The Balaban J connectivity index is 3.81. The van der Waals surface area contributed by atoms with Crippen LogP contribution in [-0.2, 0) is 4.74 Å². The first-order valence-electron chi connectivity index (χ1n) is 4.85. The van der Waals surface area contributed by atoms with E-state index in [-0.39, 0.29) is 0 Å². The first-order valence-corrected chi connectivity index (χ1v) is 4.85. The Labute approximate surface area is 76.7 Å². The molecule has 0 aromatic rings. The van der Waals surface area contributed by atoms with Gasteiger partial charge in [0.25, 0.3) is 0 Å². The van der Waals surface area contributed by atoms with Crippen LogP contribution in [0, 0.1) is 5.92 Å². The Kier molecular flexibility index (Phi) is 6.39. The number of methoxy groups -OCH3 is 1. The van der Waals surface area contributed by atoms with E-state index >= 15 is 0 Å². The standard InChI is InChI=1S/C10H23NO/c1-6-10(9(3)11-4)7-8(2)12-5/h8-11H,6-7H2,1-5H3. The molecule has 2 nitrogen and oxygen atoms in total. The molecule has 0 aliphatic carbocycles. The zero-order valence-electron chi connectivity index (χ0n) is 9.05. The van der Waals surface area contributed by atoms with Gasteiger partial charge in [0.15, 0.2) is 0 Å². The molecule has 0 aliphatic heterocycles. The molecule has 0 spiro atoms. The molecule has 74 valence electrons. The SMILES string of the molecule is CCC(CC(C)OC)C(C)NC. The maximum absolute atomic E-state index is 5.25. The average Bonchev–Trinajstić information content (AvgIpc) is 2.12. The second-order valence-electron chi connectivity index (χ2n) is 3.53. The molecule has 0 aliphatic rings. The zero-order chi connectivity index (χ0) is 9.56. The Morgan fingerprint density at radius 3 is 2.25 bits per heavy atom. The van der Waals surface area contributed by atoms with Crippen molar-refractivity contribution in [1.29, 1.82) is 0 Å². The van der Waals surface area contributed by atoms with E-state index in [2.05, 4.69) is 26.1 Å². The van der Waals surface area contributed by atoms with Crippen molar-refractivity contribution in [3.05, 3.63) is 0 Å². The number of ether oxygens (including phenoxy) is 1. The summed E-state index contributed by atoms with van der Waals surface area (Å²) in [7, 11) is 3.80. The molecule has 12 heavy (non-hydrogen) atoms. The van der Waals surface area contributed by atoms with Gasteiger partial charge in [-0.05, 0) is 33.2 Å². The van der Waals surface area contributed by atoms with Gasteiger partial charge in [0, 0.05) is 13.2 Å². The third-order valence-electron chi connectivity index (χ3n) is 2.72. The van der Waals surface area contributed by atoms with Crippen LogP contribution in [-0.4, -0.2) is 26.3 Å². The predicted octanol–water partition coefficient (Wildman–Crippen LogP) is 2.05. The summed E-state index contributed by atoms with van der Waals surface area (Å²) in [5, 5.41) is 3.29. The van der Waals surface area contributed by atoms with Crippen molar-refractivity contribution in [2.24, 2.45) is 5.92 Å². The van der Waals surface area contributed by atoms with E-state index in [4.69, 9.17) is 4.74 Å². The van der Waals surface area contributed by atoms with Crippen LogP contribution < -0.4 is 5.32 Å². The molecular weight excluding hydrogens is 150 g/mol. The molecule has 3 atom stereocenters. The van der Waals surface area contributed by atoms with Crippen LogP contribution in [0.25, 0.3) is 0 Å². The Bertz CT molecular complexity index is 106. The Hall–Kier alpha value is -0.0800. The van der Waals surface area contributed by atoms with Gasteiger partial charge in [-0.2, -0.15) is 0 Å². The molecule has 0 radical (unpaired) electrons. The van der Waals surface area contributed by atoms with E-state index in [1.165, 1.54) is 6.42 Å². The molecule has 0 bridgehead atoms. The van der Waals surface area contributed by atoms with Crippen LogP contribution in [0.5, 0.6) is 0 Å². The first-order chi connectivity index (χ1) is 5.65. The molecule has 0 rings (SSSR count). The normalized spacial score (nSPS) is 18.8. The minimum atomic E-state index is 0.380. The van der Waals surface area contributed by atoms with Crippen molar-refractivity contribution < 1.29 is 4.74 Å². The molecule has 0 fully saturated rings. The lowest BCUT2D eigenvalue weighted by atomic mass is 9.92. The molecule has 2 heteroatoms. The van der Waals surface area contributed by atoms with Gasteiger partial charge in [0.2, 0.25) is 0 Å². The molecule has 0 heterocycles. The van der Waals surface area contributed by atoms with E-state index < -0.39 is 0 Å². The summed E-state index contributed by atoms with van der Waals surface area (Å²) >= 11 is 0. The van der Waals surface area contributed by atoms with Gasteiger partial charge in [0.1, 0.15) is 0 Å². The summed E-state index contributed by atoms with van der Waals surface area (Å²) in [6.07, 6.45) is 2.75. The molecule has 0 amide bonds. The number of hydrogen-bond donors (Lipinski definition) is 1. The zero-order valence-corrected chi connectivity index (χ0v) is 9.05. The molecule has 0 saturated carbocycles. The van der Waals surface area contributed by atoms with E-state index in [1.807, 2.05) is 7.05 Å². The molecular formula is C10H23NO. The summed E-state index contributed by atoms with van der Waals surface area (Å²) < 4.78 is 5.25. The third kappa shape index (κ3) is 4.07. The van der Waals surface area contributed by atoms with Crippen molar-refractivity contribution in [2.45, 2.75) is 45.8 Å². The van der Waals surface area contributed by atoms with Crippen LogP contribution in [0.1, 0.15) is 33.6 Å². The van der Waals surface area contributed by atoms with Crippen LogP contribution in [0.3, 0.4) is 0 Å². The van der Waals surface area contributed by atoms with Crippen molar-refractivity contribution in [1.82, 2.24) is 5.32 Å². The average molecular weight is 173 g/mol. The van der Waals surface area contributed by atoms with Gasteiger partial charge in [-0.3, -0.25) is 0 Å². The van der Waals surface area contributed by atoms with Crippen LogP contribution in [0.4, 0.5) is 0 Å². The van der Waals surface area contributed by atoms with E-state index in [0.717, 1.165) is 12.3 Å². The maximum Gasteiger partial charge on any atom is 0.0546 e. The monoisotopic (exact) mass is 173 g/mol. The van der Waals surface area contributed by atoms with Gasteiger partial charge in [-0.25, -0.2) is 0 Å². The minimum absolute atomic E-state index is 0.380. The maximum atomic E-state index is 5.25. The molecule has 3 unspecified atom stereocenters. The molecule has 0 saturated heterocycles. The van der Waals surface area contributed by atoms with Crippen LogP contribution in [0.15, 0.2) is 0 Å². The van der Waals surface area contributed by atoms with E-state index in [9.17, 15) is 0 Å². The van der Waals surface area contributed by atoms with Gasteiger partial charge in [0.05, 0.1) is 6.10 Å². The van der Waals surface area contributed by atoms with Gasteiger partial charge in [-0.15, -0.1) is 0 Å². The van der Waals surface area contributed by atoms with Crippen molar-refractivity contribution in [3.8, 4) is 0 Å². The fourth-order valence-electron chi connectivity index (χ4n) is 1.48. The van der Waals surface area contributed by atoms with Crippen molar-refractivity contribution >= 4 is 0 Å². The highest BCUT2D eigenvalue weighted by molar-refractivity contribution is 4.71. The highest BCUT2D eigenvalue weighted by Gasteiger charge is 2.16. The Morgan fingerprint density at radius 1 is 1.33 bits per heavy atom. The van der Waals surface area contributed by atoms with Crippen molar-refractivity contribution in [2.75, 3.05) is 14.2 Å². The summed E-state index contributed by atoms with van der Waals surface area (Å²) in [4.78, 5) is 0. The second-order valence-corrected chi connectivity index (χ2v) is 3.53. The second kappa shape index (κ2) is 6.44. The summed E-state index contributed by atoms with van der Waals surface area (Å²) in [5.74, 6) is 0.727. The van der Waals surface area contributed by atoms with E-state index in [0.29, 0.717) is 12.1 Å². The lowest BCUT2D eigenvalue weighted by Gasteiger charge is -2.24. The van der Waals surface area contributed by atoms with Crippen LogP contribution in [0.2, 0.25) is 0 Å². The highest BCUT2D eigenvalue weighted by Crippen LogP contribution is 2.16. The lowest BCUT2D eigenvalue weighted by molar-refractivity contribution is 0.0885. The third-order valence-corrected chi connectivity index (χ3v) is 2.72. The number of rotatable bonds is 6. The molecule has 0 aromatic carbocycles. The summed E-state index contributed by atoms with van der Waals surface area (Å²) in [5.41, 5.74) is 0. The molecule has 0 aromatic heterocycles. The first kappa shape index (κ1) is 11.9. The van der Waals surface area contributed by atoms with E-state index in [1.54, 1.807) is 7.11 Å². The van der Waals surface area contributed by atoms with Gasteiger partial charge < -0.3 is 10.1 Å². The minimum Gasteiger partial charge on any atom is -0.382 e. The smallest absolute Gasteiger partial charge is 0.0546 e. The highest BCUT2D eigenvalue weighted by atomic mass is 16.5. The predicted molar refractivity (Wildman–Crippen MR) is 53.4 cm³/mol. The Morgan fingerprint density at radius 2 is 1.92 bits per heavy atom.